The first kappa shape index (κ1) is 13.5. The summed E-state index contributed by atoms with van der Waals surface area (Å²) in [6, 6.07) is 5.00. The van der Waals surface area contributed by atoms with Crippen molar-refractivity contribution in [3.05, 3.63) is 34.6 Å². The maximum Gasteiger partial charge on any atom is 0.128 e. The Hall–Kier alpha value is -0.600. The third-order valence-corrected chi connectivity index (χ3v) is 3.20. The van der Waals surface area contributed by atoms with Gasteiger partial charge >= 0.3 is 0 Å². The van der Waals surface area contributed by atoms with E-state index in [0.717, 1.165) is 19.3 Å². The molecule has 0 heterocycles. The van der Waals surface area contributed by atoms with E-state index in [1.165, 1.54) is 6.07 Å². The number of halogens is 2. The van der Waals surface area contributed by atoms with Crippen molar-refractivity contribution in [2.75, 3.05) is 0 Å². The standard InChI is InChI=1S/C13H19ClFN/c1-3-10(8-7-9(2)16)13-11(14)5-4-6-12(13)15/h4-6,9-10H,3,7-8,16H2,1-2H3. The SMILES string of the molecule is CCC(CCC(C)N)c1c(F)cccc1Cl. The molecule has 0 aliphatic carbocycles. The van der Waals surface area contributed by atoms with E-state index >= 15 is 0 Å². The maximum absolute atomic E-state index is 13.7. The Labute approximate surface area is 102 Å². The van der Waals surface area contributed by atoms with Crippen molar-refractivity contribution in [3.8, 4) is 0 Å². The third-order valence-electron chi connectivity index (χ3n) is 2.87. The number of benzene rings is 1. The number of rotatable bonds is 5. The van der Waals surface area contributed by atoms with E-state index in [0.29, 0.717) is 10.6 Å². The van der Waals surface area contributed by atoms with Gasteiger partial charge in [0, 0.05) is 16.6 Å². The minimum atomic E-state index is -0.205. The van der Waals surface area contributed by atoms with Crippen molar-refractivity contribution < 1.29 is 4.39 Å². The summed E-state index contributed by atoms with van der Waals surface area (Å²) in [5, 5.41) is 0.525. The molecule has 0 aliphatic heterocycles. The van der Waals surface area contributed by atoms with Gasteiger partial charge in [-0.05, 0) is 44.2 Å². The van der Waals surface area contributed by atoms with Crippen molar-refractivity contribution in [2.24, 2.45) is 5.73 Å². The predicted octanol–water partition coefficient (Wildman–Crippen LogP) is 4.10. The molecule has 0 fully saturated rings. The van der Waals surface area contributed by atoms with Crippen LogP contribution >= 0.6 is 11.6 Å². The van der Waals surface area contributed by atoms with Crippen molar-refractivity contribution in [1.82, 2.24) is 0 Å². The quantitative estimate of drug-likeness (QED) is 0.828. The van der Waals surface area contributed by atoms with Crippen LogP contribution in [0.3, 0.4) is 0 Å². The normalized spacial score (nSPS) is 14.8. The second-order valence-electron chi connectivity index (χ2n) is 4.30. The molecule has 0 bridgehead atoms. The first-order chi connectivity index (χ1) is 7.56. The minimum Gasteiger partial charge on any atom is -0.328 e. The zero-order chi connectivity index (χ0) is 12.1. The first-order valence-electron chi connectivity index (χ1n) is 5.75. The topological polar surface area (TPSA) is 26.0 Å². The van der Waals surface area contributed by atoms with Gasteiger partial charge in [-0.25, -0.2) is 4.39 Å². The lowest BCUT2D eigenvalue weighted by molar-refractivity contribution is 0.505. The highest BCUT2D eigenvalue weighted by Gasteiger charge is 2.17. The van der Waals surface area contributed by atoms with Crippen LogP contribution in [0.15, 0.2) is 18.2 Å². The molecule has 16 heavy (non-hydrogen) atoms. The van der Waals surface area contributed by atoms with E-state index in [-0.39, 0.29) is 17.8 Å². The van der Waals surface area contributed by atoms with E-state index < -0.39 is 0 Å². The molecule has 3 heteroatoms. The molecule has 0 radical (unpaired) electrons. The van der Waals surface area contributed by atoms with Crippen LogP contribution in [0, 0.1) is 5.82 Å². The Bertz CT molecular complexity index is 318. The fourth-order valence-corrected chi connectivity index (χ4v) is 2.23. The summed E-state index contributed by atoms with van der Waals surface area (Å²) in [7, 11) is 0. The van der Waals surface area contributed by atoms with Crippen LogP contribution < -0.4 is 5.73 Å². The van der Waals surface area contributed by atoms with Gasteiger partial charge in [0.2, 0.25) is 0 Å². The summed E-state index contributed by atoms with van der Waals surface area (Å²) in [6.07, 6.45) is 2.66. The Morgan fingerprint density at radius 1 is 1.38 bits per heavy atom. The highest BCUT2D eigenvalue weighted by atomic mass is 35.5. The molecule has 0 amide bonds. The van der Waals surface area contributed by atoms with E-state index in [9.17, 15) is 4.39 Å². The Morgan fingerprint density at radius 2 is 2.06 bits per heavy atom. The Kier molecular flexibility index (Phi) is 5.23. The third kappa shape index (κ3) is 3.46. The van der Waals surface area contributed by atoms with Gasteiger partial charge in [0.15, 0.2) is 0 Å². The predicted molar refractivity (Wildman–Crippen MR) is 67.3 cm³/mol. The number of hydrogen-bond donors (Lipinski definition) is 1. The van der Waals surface area contributed by atoms with E-state index in [1.807, 2.05) is 6.92 Å². The summed E-state index contributed by atoms with van der Waals surface area (Å²) in [6.45, 7) is 4.02. The van der Waals surface area contributed by atoms with E-state index in [1.54, 1.807) is 12.1 Å². The molecule has 1 nitrogen and oxygen atoms in total. The molecule has 0 saturated heterocycles. The second kappa shape index (κ2) is 6.21. The molecule has 0 saturated carbocycles. The molecule has 0 spiro atoms. The zero-order valence-corrected chi connectivity index (χ0v) is 10.6. The van der Waals surface area contributed by atoms with E-state index in [2.05, 4.69) is 6.92 Å². The molecular formula is C13H19ClFN. The van der Waals surface area contributed by atoms with Gasteiger partial charge < -0.3 is 5.73 Å². The van der Waals surface area contributed by atoms with Crippen LogP contribution in [-0.4, -0.2) is 6.04 Å². The second-order valence-corrected chi connectivity index (χ2v) is 4.70. The molecule has 0 aliphatic rings. The van der Waals surface area contributed by atoms with Crippen LogP contribution in [0.5, 0.6) is 0 Å². The van der Waals surface area contributed by atoms with Gasteiger partial charge in [0.25, 0.3) is 0 Å². The van der Waals surface area contributed by atoms with E-state index in [4.69, 9.17) is 17.3 Å². The summed E-state index contributed by atoms with van der Waals surface area (Å²) >= 11 is 6.05. The van der Waals surface area contributed by atoms with Crippen LogP contribution in [0.4, 0.5) is 4.39 Å². The lowest BCUT2D eigenvalue weighted by Gasteiger charge is -2.18. The Balaban J connectivity index is 2.86. The van der Waals surface area contributed by atoms with Crippen molar-refractivity contribution >= 4 is 11.6 Å². The van der Waals surface area contributed by atoms with Crippen molar-refractivity contribution in [3.63, 3.8) is 0 Å². The molecular weight excluding hydrogens is 225 g/mol. The summed E-state index contributed by atoms with van der Waals surface area (Å²) in [4.78, 5) is 0. The average molecular weight is 244 g/mol. The monoisotopic (exact) mass is 243 g/mol. The fraction of sp³-hybridized carbons (Fsp3) is 0.538. The van der Waals surface area contributed by atoms with Gasteiger partial charge in [0.05, 0.1) is 0 Å². The summed E-state index contributed by atoms with van der Waals surface area (Å²) in [5.74, 6) is -0.0382. The lowest BCUT2D eigenvalue weighted by atomic mass is 9.90. The van der Waals surface area contributed by atoms with Crippen molar-refractivity contribution in [2.45, 2.75) is 45.1 Å². The highest BCUT2D eigenvalue weighted by Crippen LogP contribution is 2.32. The Morgan fingerprint density at radius 3 is 2.56 bits per heavy atom. The fourth-order valence-electron chi connectivity index (χ4n) is 1.92. The van der Waals surface area contributed by atoms with Gasteiger partial charge in [-0.3, -0.25) is 0 Å². The van der Waals surface area contributed by atoms with Crippen LogP contribution in [-0.2, 0) is 0 Å². The molecule has 1 rings (SSSR count). The molecule has 90 valence electrons. The van der Waals surface area contributed by atoms with Gasteiger partial charge in [-0.1, -0.05) is 24.6 Å². The smallest absolute Gasteiger partial charge is 0.128 e. The summed E-state index contributed by atoms with van der Waals surface area (Å²) < 4.78 is 13.7. The summed E-state index contributed by atoms with van der Waals surface area (Å²) in [5.41, 5.74) is 6.37. The van der Waals surface area contributed by atoms with Crippen LogP contribution in [0.25, 0.3) is 0 Å². The molecule has 1 aromatic rings. The zero-order valence-electron chi connectivity index (χ0n) is 9.84. The molecule has 2 N–H and O–H groups in total. The van der Waals surface area contributed by atoms with Gasteiger partial charge in [0.1, 0.15) is 5.82 Å². The molecule has 2 unspecified atom stereocenters. The molecule has 2 atom stereocenters. The molecule has 1 aromatic carbocycles. The van der Waals surface area contributed by atoms with Crippen LogP contribution in [0.2, 0.25) is 5.02 Å². The largest absolute Gasteiger partial charge is 0.328 e. The first-order valence-corrected chi connectivity index (χ1v) is 6.13. The highest BCUT2D eigenvalue weighted by molar-refractivity contribution is 6.31. The number of hydrogen-bond acceptors (Lipinski definition) is 1. The number of nitrogens with two attached hydrogens (primary N) is 1. The average Bonchev–Trinajstić information content (AvgIpc) is 2.22. The minimum absolute atomic E-state index is 0.152. The maximum atomic E-state index is 13.7. The lowest BCUT2D eigenvalue weighted by Crippen LogP contribution is -2.16. The van der Waals surface area contributed by atoms with Gasteiger partial charge in [-0.15, -0.1) is 0 Å². The van der Waals surface area contributed by atoms with Crippen LogP contribution in [0.1, 0.15) is 44.6 Å². The van der Waals surface area contributed by atoms with Crippen molar-refractivity contribution in [1.29, 1.82) is 0 Å². The van der Waals surface area contributed by atoms with Gasteiger partial charge in [-0.2, -0.15) is 0 Å². The molecule has 0 aromatic heterocycles.